The van der Waals surface area contributed by atoms with Gasteiger partial charge in [-0.15, -0.1) is 0 Å². The Morgan fingerprint density at radius 3 is 1.86 bits per heavy atom. The molecule has 0 saturated carbocycles. The zero-order chi connectivity index (χ0) is 4.99. The second-order valence-corrected chi connectivity index (χ2v) is 1.53. The smallest absolute Gasteiger partial charge is 0.0558 e. The van der Waals surface area contributed by atoms with Gasteiger partial charge in [0.2, 0.25) is 0 Å². The number of likely N-dealkylation sites (N-methyl/N-ethyl adjacent to an activating group) is 1. The third-order valence-electron chi connectivity index (χ3n) is 0.547. The first-order valence-electron chi connectivity index (χ1n) is 2.03. The van der Waals surface area contributed by atoms with E-state index in [1.807, 2.05) is 19.0 Å². The van der Waals surface area contributed by atoms with Gasteiger partial charge in [-0.1, -0.05) is 0 Å². The molecule has 0 amide bonds. The molecular weight excluding hydrogens is 129 g/mol. The summed E-state index contributed by atoms with van der Waals surface area (Å²) in [5.74, 6) is 0. The fourth-order valence-electron chi connectivity index (χ4n) is 0.200. The van der Waals surface area contributed by atoms with Crippen LogP contribution in [0.5, 0.6) is 0 Å². The van der Waals surface area contributed by atoms with Gasteiger partial charge >= 0.3 is 0 Å². The van der Waals surface area contributed by atoms with Gasteiger partial charge in [0, 0.05) is 25.1 Å². The molecule has 0 aromatic rings. The van der Waals surface area contributed by atoms with Gasteiger partial charge in [-0.05, 0) is 14.1 Å². The minimum absolute atomic E-state index is 0. The van der Waals surface area contributed by atoms with Crippen molar-refractivity contribution >= 4 is 0 Å². The summed E-state index contributed by atoms with van der Waals surface area (Å²) in [5.41, 5.74) is 0. The van der Waals surface area contributed by atoms with Crippen LogP contribution in [-0.4, -0.2) is 37.3 Å². The van der Waals surface area contributed by atoms with Gasteiger partial charge in [0.25, 0.3) is 0 Å². The summed E-state index contributed by atoms with van der Waals surface area (Å²) in [6, 6.07) is 0. The number of hydrogen-bond donors (Lipinski definition) is 1. The molecule has 2 nitrogen and oxygen atoms in total. The van der Waals surface area contributed by atoms with E-state index in [9.17, 15) is 0 Å². The standard InChI is InChI=1S/C4H11NO.V/c1-5(2)3-4-6;/h6H,3-4H2,1-2H3;. The van der Waals surface area contributed by atoms with Gasteiger partial charge in [-0.25, -0.2) is 0 Å². The van der Waals surface area contributed by atoms with Crippen molar-refractivity contribution in [2.24, 2.45) is 0 Å². The molecule has 0 unspecified atom stereocenters. The zero-order valence-electron chi connectivity index (χ0n) is 4.76. The van der Waals surface area contributed by atoms with Gasteiger partial charge < -0.3 is 10.0 Å². The van der Waals surface area contributed by atoms with Crippen molar-refractivity contribution in [2.45, 2.75) is 0 Å². The molecule has 0 spiro atoms. The molecule has 0 aromatic carbocycles. The van der Waals surface area contributed by atoms with E-state index in [1.54, 1.807) is 0 Å². The van der Waals surface area contributed by atoms with Crippen LogP contribution in [0.25, 0.3) is 0 Å². The van der Waals surface area contributed by atoms with Crippen LogP contribution in [0.2, 0.25) is 0 Å². The minimum atomic E-state index is 0. The van der Waals surface area contributed by atoms with Crippen molar-refractivity contribution in [3.05, 3.63) is 0 Å². The molecule has 1 N–H and O–H groups in total. The maximum Gasteiger partial charge on any atom is 0.0558 e. The molecule has 0 aliphatic rings. The predicted molar refractivity (Wildman–Crippen MR) is 25.6 cm³/mol. The van der Waals surface area contributed by atoms with E-state index in [-0.39, 0.29) is 25.2 Å². The Kier molecular flexibility index (Phi) is 9.74. The minimum Gasteiger partial charge on any atom is -0.395 e. The first-order valence-corrected chi connectivity index (χ1v) is 2.03. The van der Waals surface area contributed by atoms with Crippen LogP contribution < -0.4 is 0 Å². The molecule has 0 aromatic heterocycles. The van der Waals surface area contributed by atoms with Crippen LogP contribution in [0.3, 0.4) is 0 Å². The van der Waals surface area contributed by atoms with Gasteiger partial charge in [0.1, 0.15) is 0 Å². The van der Waals surface area contributed by atoms with Crippen molar-refractivity contribution in [2.75, 3.05) is 27.2 Å². The van der Waals surface area contributed by atoms with Crippen LogP contribution >= 0.6 is 0 Å². The fraction of sp³-hybridized carbons (Fsp3) is 1.00. The van der Waals surface area contributed by atoms with E-state index in [0.717, 1.165) is 6.54 Å². The summed E-state index contributed by atoms with van der Waals surface area (Å²) in [6.45, 7) is 1.02. The molecule has 1 radical (unpaired) electrons. The number of aliphatic hydroxyl groups excluding tert-OH is 1. The SMILES string of the molecule is CN(C)CCO.[V]. The van der Waals surface area contributed by atoms with Crippen molar-refractivity contribution in [3.8, 4) is 0 Å². The summed E-state index contributed by atoms with van der Waals surface area (Å²) in [6.07, 6.45) is 0. The molecule has 3 heteroatoms. The van der Waals surface area contributed by atoms with Crippen LogP contribution in [-0.2, 0) is 18.6 Å². The summed E-state index contributed by atoms with van der Waals surface area (Å²) in [5, 5.41) is 8.20. The fourth-order valence-corrected chi connectivity index (χ4v) is 0.200. The third kappa shape index (κ3) is 10.7. The van der Waals surface area contributed by atoms with E-state index < -0.39 is 0 Å². The number of aliphatic hydroxyl groups is 1. The van der Waals surface area contributed by atoms with E-state index in [1.165, 1.54) is 0 Å². The molecule has 43 valence electrons. The normalized spacial score (nSPS) is 8.57. The Bertz CT molecular complexity index is 32.9. The van der Waals surface area contributed by atoms with Gasteiger partial charge in [-0.2, -0.15) is 0 Å². The van der Waals surface area contributed by atoms with Gasteiger partial charge in [0.05, 0.1) is 6.61 Å². The van der Waals surface area contributed by atoms with E-state index >= 15 is 0 Å². The average molecular weight is 140 g/mol. The van der Waals surface area contributed by atoms with Crippen molar-refractivity contribution in [1.29, 1.82) is 0 Å². The predicted octanol–water partition coefficient (Wildman–Crippen LogP) is -0.462. The molecule has 0 saturated heterocycles. The third-order valence-corrected chi connectivity index (χ3v) is 0.547. The first-order chi connectivity index (χ1) is 2.77. The van der Waals surface area contributed by atoms with Crippen LogP contribution in [0, 0.1) is 0 Å². The first kappa shape index (κ1) is 10.5. The Labute approximate surface area is 56.4 Å². The summed E-state index contributed by atoms with van der Waals surface area (Å²) < 4.78 is 0. The molecule has 0 heterocycles. The Morgan fingerprint density at radius 2 is 1.86 bits per heavy atom. The summed E-state index contributed by atoms with van der Waals surface area (Å²) in [7, 11) is 3.85. The summed E-state index contributed by atoms with van der Waals surface area (Å²) >= 11 is 0. The van der Waals surface area contributed by atoms with Crippen molar-refractivity contribution in [1.82, 2.24) is 4.90 Å². The zero-order valence-corrected chi connectivity index (χ0v) is 6.15. The van der Waals surface area contributed by atoms with E-state index in [0.29, 0.717) is 0 Å². The van der Waals surface area contributed by atoms with Crippen molar-refractivity contribution < 1.29 is 23.7 Å². The van der Waals surface area contributed by atoms with Crippen molar-refractivity contribution in [3.63, 3.8) is 0 Å². The molecule has 0 atom stereocenters. The van der Waals surface area contributed by atoms with Crippen LogP contribution in [0.1, 0.15) is 0 Å². The maximum atomic E-state index is 8.20. The topological polar surface area (TPSA) is 23.5 Å². The average Bonchev–Trinajstić information content (AvgIpc) is 1.35. The van der Waals surface area contributed by atoms with Gasteiger partial charge in [0.15, 0.2) is 0 Å². The van der Waals surface area contributed by atoms with Crippen LogP contribution in [0.4, 0.5) is 0 Å². The second-order valence-electron chi connectivity index (χ2n) is 1.53. The van der Waals surface area contributed by atoms with Gasteiger partial charge in [-0.3, -0.25) is 0 Å². The van der Waals surface area contributed by atoms with E-state index in [4.69, 9.17) is 5.11 Å². The maximum absolute atomic E-state index is 8.20. The molecule has 0 aliphatic heterocycles. The quantitative estimate of drug-likeness (QED) is 0.561. The monoisotopic (exact) mass is 140 g/mol. The molecular formula is C4H11NOV. The molecule has 0 bridgehead atoms. The number of rotatable bonds is 2. The Morgan fingerprint density at radius 1 is 1.43 bits per heavy atom. The molecule has 0 fully saturated rings. The van der Waals surface area contributed by atoms with Crippen LogP contribution in [0.15, 0.2) is 0 Å². The largest absolute Gasteiger partial charge is 0.395 e. The second kappa shape index (κ2) is 6.50. The Balaban J connectivity index is 0. The summed E-state index contributed by atoms with van der Waals surface area (Å²) in [4.78, 5) is 1.93. The molecule has 0 aliphatic carbocycles. The Hall–Kier alpha value is 0.504. The number of hydrogen-bond acceptors (Lipinski definition) is 2. The molecule has 0 rings (SSSR count). The molecule has 7 heavy (non-hydrogen) atoms. The number of nitrogens with zero attached hydrogens (tertiary/aromatic N) is 1. The van der Waals surface area contributed by atoms with E-state index in [2.05, 4.69) is 0 Å².